The molecule has 0 bridgehead atoms. The van der Waals surface area contributed by atoms with E-state index in [0.29, 0.717) is 6.61 Å². The molecule has 1 unspecified atom stereocenters. The molecule has 5 aromatic rings. The fraction of sp³-hybridized carbons (Fsp3) is 0.107. The van der Waals surface area contributed by atoms with Gasteiger partial charge in [0.25, 0.3) is 0 Å². The summed E-state index contributed by atoms with van der Waals surface area (Å²) in [5.74, 6) is 0.879. The zero-order valence-electron chi connectivity index (χ0n) is 17.8. The number of para-hydroxylation sites is 2. The smallest absolute Gasteiger partial charge is 0.138 e. The van der Waals surface area contributed by atoms with E-state index in [1.165, 1.54) is 22.3 Å². The van der Waals surface area contributed by atoms with Crippen LogP contribution in [0.5, 0.6) is 5.75 Å². The Morgan fingerprint density at radius 3 is 2.56 bits per heavy atom. The quantitative estimate of drug-likeness (QED) is 0.345. The molecule has 2 N–H and O–H groups in total. The summed E-state index contributed by atoms with van der Waals surface area (Å²) >= 11 is 0. The Morgan fingerprint density at radius 1 is 0.844 bits per heavy atom. The minimum atomic E-state index is -0.0652. The van der Waals surface area contributed by atoms with Crippen molar-refractivity contribution in [2.24, 2.45) is 0 Å². The highest BCUT2D eigenvalue weighted by Crippen LogP contribution is 2.45. The van der Waals surface area contributed by atoms with Crippen molar-refractivity contribution in [1.82, 2.24) is 9.97 Å². The maximum Gasteiger partial charge on any atom is 0.138 e. The number of ether oxygens (including phenoxy) is 1. The third-order valence-corrected chi connectivity index (χ3v) is 6.18. The van der Waals surface area contributed by atoms with Gasteiger partial charge in [-0.25, -0.2) is 4.98 Å². The van der Waals surface area contributed by atoms with Crippen LogP contribution in [0.1, 0.15) is 28.3 Å². The lowest BCUT2D eigenvalue weighted by Gasteiger charge is -2.22. The molecule has 0 fully saturated rings. The molecule has 0 aliphatic carbocycles. The predicted molar refractivity (Wildman–Crippen MR) is 129 cm³/mol. The van der Waals surface area contributed by atoms with Crippen molar-refractivity contribution in [3.05, 3.63) is 114 Å². The van der Waals surface area contributed by atoms with Crippen LogP contribution < -0.4 is 10.1 Å². The second-order valence-corrected chi connectivity index (χ2v) is 8.26. The average Bonchev–Trinajstić information content (AvgIpc) is 3.21. The van der Waals surface area contributed by atoms with Crippen molar-refractivity contribution in [1.29, 1.82) is 0 Å². The van der Waals surface area contributed by atoms with Gasteiger partial charge in [0, 0.05) is 40.2 Å². The lowest BCUT2D eigenvalue weighted by Crippen LogP contribution is -2.13. The van der Waals surface area contributed by atoms with Gasteiger partial charge in [0.2, 0.25) is 0 Å². The molecular formula is C28H23N3O. The molecule has 1 aliphatic rings. The average molecular weight is 418 g/mol. The van der Waals surface area contributed by atoms with Crippen LogP contribution in [0.25, 0.3) is 22.2 Å². The minimum absolute atomic E-state index is 0.0652. The van der Waals surface area contributed by atoms with Crippen LogP contribution in [0.15, 0.2) is 91.3 Å². The van der Waals surface area contributed by atoms with Crippen molar-refractivity contribution < 1.29 is 4.74 Å². The van der Waals surface area contributed by atoms with Crippen molar-refractivity contribution in [3.63, 3.8) is 0 Å². The molecule has 4 nitrogen and oxygen atoms in total. The fourth-order valence-corrected chi connectivity index (χ4v) is 4.55. The Morgan fingerprint density at radius 2 is 1.66 bits per heavy atom. The summed E-state index contributed by atoms with van der Waals surface area (Å²) in [6, 6.07) is 27.3. The number of hydrogen-bond donors (Lipinski definition) is 2. The molecule has 6 rings (SSSR count). The maximum atomic E-state index is 6.34. The summed E-state index contributed by atoms with van der Waals surface area (Å²) in [4.78, 5) is 7.95. The fourth-order valence-electron chi connectivity index (χ4n) is 4.55. The van der Waals surface area contributed by atoms with Crippen LogP contribution in [0.4, 0.5) is 5.69 Å². The van der Waals surface area contributed by atoms with Gasteiger partial charge in [0.05, 0.1) is 6.04 Å². The monoisotopic (exact) mass is 417 g/mol. The third kappa shape index (κ3) is 3.12. The molecule has 32 heavy (non-hydrogen) atoms. The normalized spacial score (nSPS) is 14.5. The van der Waals surface area contributed by atoms with Crippen LogP contribution in [0.2, 0.25) is 0 Å². The number of nitrogens with one attached hydrogen (secondary N) is 2. The van der Waals surface area contributed by atoms with Gasteiger partial charge >= 0.3 is 0 Å². The van der Waals surface area contributed by atoms with E-state index in [2.05, 4.69) is 101 Å². The summed E-state index contributed by atoms with van der Waals surface area (Å²) in [6.07, 6.45) is 3.94. The summed E-state index contributed by atoms with van der Waals surface area (Å²) in [7, 11) is 0. The highest BCUT2D eigenvalue weighted by atomic mass is 16.5. The van der Waals surface area contributed by atoms with Gasteiger partial charge in [-0.1, -0.05) is 66.2 Å². The lowest BCUT2D eigenvalue weighted by molar-refractivity contribution is 0.302. The highest BCUT2D eigenvalue weighted by molar-refractivity contribution is 6.01. The van der Waals surface area contributed by atoms with Gasteiger partial charge in [0.15, 0.2) is 0 Å². The van der Waals surface area contributed by atoms with E-state index in [9.17, 15) is 0 Å². The van der Waals surface area contributed by atoms with E-state index >= 15 is 0 Å². The van der Waals surface area contributed by atoms with E-state index in [0.717, 1.165) is 33.6 Å². The molecule has 2 aromatic heterocycles. The van der Waals surface area contributed by atoms with Crippen LogP contribution >= 0.6 is 0 Å². The topological polar surface area (TPSA) is 49.9 Å². The molecule has 4 heteroatoms. The Hall–Kier alpha value is -4.05. The number of aromatic nitrogens is 2. The number of nitrogens with zero attached hydrogens (tertiary/aromatic N) is 1. The van der Waals surface area contributed by atoms with E-state index in [1.54, 1.807) is 0 Å². The van der Waals surface area contributed by atoms with Crippen LogP contribution in [-0.2, 0) is 6.61 Å². The Labute approximate surface area is 186 Å². The standard InChI is InChI=1S/C28H23N3O/c1-18-10-12-19(13-11-18)17-32-25-9-5-3-7-22(25)27-23-16-30-28-26(23)21(14-15-29-28)20-6-2-4-8-24(20)31-27/h2-16,27,31H,17H2,1H3,(H,29,30). The van der Waals surface area contributed by atoms with Gasteiger partial charge in [0.1, 0.15) is 18.0 Å². The van der Waals surface area contributed by atoms with Crippen molar-refractivity contribution >= 4 is 16.7 Å². The number of rotatable bonds is 4. The van der Waals surface area contributed by atoms with Gasteiger partial charge in [-0.05, 0) is 36.2 Å². The number of pyridine rings is 1. The second kappa shape index (κ2) is 7.57. The zero-order valence-corrected chi connectivity index (χ0v) is 17.8. The lowest BCUT2D eigenvalue weighted by atomic mass is 9.96. The Kier molecular flexibility index (Phi) is 4.43. The summed E-state index contributed by atoms with van der Waals surface area (Å²) in [5, 5.41) is 4.94. The number of anilines is 1. The minimum Gasteiger partial charge on any atom is -0.489 e. The molecule has 0 spiro atoms. The first-order chi connectivity index (χ1) is 15.8. The number of aromatic amines is 1. The van der Waals surface area contributed by atoms with E-state index in [1.807, 2.05) is 12.3 Å². The van der Waals surface area contributed by atoms with Gasteiger partial charge in [-0.15, -0.1) is 0 Å². The molecule has 3 heterocycles. The first-order valence-electron chi connectivity index (χ1n) is 10.9. The molecule has 0 saturated heterocycles. The molecule has 0 radical (unpaired) electrons. The number of H-pyrrole nitrogens is 1. The molecule has 1 atom stereocenters. The zero-order chi connectivity index (χ0) is 21.5. The van der Waals surface area contributed by atoms with E-state index < -0.39 is 0 Å². The van der Waals surface area contributed by atoms with Crippen LogP contribution in [-0.4, -0.2) is 9.97 Å². The molecular weight excluding hydrogens is 394 g/mol. The van der Waals surface area contributed by atoms with Gasteiger partial charge in [-0.3, -0.25) is 0 Å². The SMILES string of the molecule is Cc1ccc(COc2ccccc2C2Nc3ccccc3-c3ccnc4[nH]cc2c34)cc1. The van der Waals surface area contributed by atoms with Gasteiger partial charge in [-0.2, -0.15) is 0 Å². The van der Waals surface area contributed by atoms with E-state index in [-0.39, 0.29) is 6.04 Å². The number of aryl methyl sites for hydroxylation is 1. The maximum absolute atomic E-state index is 6.34. The number of benzene rings is 3. The van der Waals surface area contributed by atoms with Crippen molar-refractivity contribution in [2.75, 3.05) is 5.32 Å². The predicted octanol–water partition coefficient (Wildman–Crippen LogP) is 6.63. The Balaban J connectivity index is 1.45. The molecule has 156 valence electrons. The summed E-state index contributed by atoms with van der Waals surface area (Å²) in [6.45, 7) is 2.63. The second-order valence-electron chi connectivity index (χ2n) is 8.26. The molecule has 0 amide bonds. The number of hydrogen-bond acceptors (Lipinski definition) is 3. The largest absolute Gasteiger partial charge is 0.489 e. The van der Waals surface area contributed by atoms with Crippen LogP contribution in [0, 0.1) is 6.92 Å². The third-order valence-electron chi connectivity index (χ3n) is 6.18. The molecule has 1 aliphatic heterocycles. The van der Waals surface area contributed by atoms with Crippen LogP contribution in [0.3, 0.4) is 0 Å². The number of fused-ring (bicyclic) bond motifs is 2. The molecule has 0 saturated carbocycles. The first-order valence-corrected chi connectivity index (χ1v) is 10.9. The summed E-state index contributed by atoms with van der Waals surface area (Å²) < 4.78 is 6.34. The highest BCUT2D eigenvalue weighted by Gasteiger charge is 2.27. The first kappa shape index (κ1) is 18.7. The Bertz CT molecular complexity index is 1420. The van der Waals surface area contributed by atoms with Gasteiger partial charge < -0.3 is 15.0 Å². The summed E-state index contributed by atoms with van der Waals surface area (Å²) in [5.41, 5.74) is 9.06. The molecule has 3 aromatic carbocycles. The van der Waals surface area contributed by atoms with E-state index in [4.69, 9.17) is 4.74 Å². The van der Waals surface area contributed by atoms with Crippen molar-refractivity contribution in [2.45, 2.75) is 19.6 Å². The van der Waals surface area contributed by atoms with Crippen molar-refractivity contribution in [3.8, 4) is 16.9 Å².